The first kappa shape index (κ1) is 30.9. The molecule has 2 aromatic carbocycles. The van der Waals surface area contributed by atoms with E-state index < -0.39 is 96.9 Å². The highest BCUT2D eigenvalue weighted by atomic mass is 16.8. The van der Waals surface area contributed by atoms with Crippen LogP contribution in [0.4, 0.5) is 0 Å². The van der Waals surface area contributed by atoms with Gasteiger partial charge in [-0.25, -0.2) is 0 Å². The Kier molecular flexibility index (Phi) is 8.77. The number of hydrogen-bond donors (Lipinski definition) is 10. The van der Waals surface area contributed by atoms with Gasteiger partial charge in [0.2, 0.25) is 17.5 Å². The smallest absolute Gasteiger partial charge is 0.238 e. The van der Waals surface area contributed by atoms with Crippen LogP contribution in [0.1, 0.15) is 0 Å². The molecule has 2 aliphatic heterocycles. The van der Waals surface area contributed by atoms with E-state index in [1.54, 1.807) is 0 Å². The Balaban J connectivity index is 1.50. The molecule has 1 aromatic heterocycles. The highest BCUT2D eigenvalue weighted by Crippen LogP contribution is 2.37. The van der Waals surface area contributed by atoms with Crippen molar-refractivity contribution in [2.75, 3.05) is 13.2 Å². The van der Waals surface area contributed by atoms with Crippen LogP contribution in [0.2, 0.25) is 0 Å². The highest BCUT2D eigenvalue weighted by molar-refractivity contribution is 5.88. The van der Waals surface area contributed by atoms with Gasteiger partial charge < -0.3 is 74.4 Å². The maximum Gasteiger partial charge on any atom is 0.238 e. The number of hydrogen-bond acceptors (Lipinski definition) is 16. The summed E-state index contributed by atoms with van der Waals surface area (Å²) in [5.74, 6) is -2.11. The van der Waals surface area contributed by atoms with Gasteiger partial charge in [0.25, 0.3) is 0 Å². The number of phenolic OH excluding ortho intramolecular Hbond substituents is 2. The maximum absolute atomic E-state index is 12.9. The van der Waals surface area contributed by atoms with Gasteiger partial charge in [-0.2, -0.15) is 0 Å². The third kappa shape index (κ3) is 5.73. The van der Waals surface area contributed by atoms with Crippen molar-refractivity contribution in [3.63, 3.8) is 0 Å². The molecule has 3 aromatic rings. The van der Waals surface area contributed by atoms with Gasteiger partial charge in [-0.15, -0.1) is 0 Å². The fourth-order valence-electron chi connectivity index (χ4n) is 4.91. The van der Waals surface area contributed by atoms with E-state index in [4.69, 9.17) is 23.4 Å². The van der Waals surface area contributed by atoms with E-state index in [0.717, 1.165) is 12.1 Å². The molecule has 10 N–H and O–H groups in total. The summed E-state index contributed by atoms with van der Waals surface area (Å²) in [4.78, 5) is 12.9. The number of benzene rings is 2. The summed E-state index contributed by atoms with van der Waals surface area (Å²) in [6, 6.07) is 7.43. The summed E-state index contributed by atoms with van der Waals surface area (Å²) in [7, 11) is 0. The molecule has 0 bridgehead atoms. The topological polar surface area (TPSA) is 269 Å². The second-order valence-corrected chi connectivity index (χ2v) is 10.1. The molecule has 0 radical (unpaired) electrons. The summed E-state index contributed by atoms with van der Waals surface area (Å²) in [6.45, 7) is -1.55. The number of aliphatic hydroxyl groups excluding tert-OH is 7. The number of aliphatic hydroxyl groups is 7. The normalized spacial score (nSPS) is 33.0. The maximum atomic E-state index is 12.9. The van der Waals surface area contributed by atoms with Gasteiger partial charge in [0, 0.05) is 17.7 Å². The van der Waals surface area contributed by atoms with Crippen LogP contribution in [-0.2, 0) is 14.2 Å². The quantitative estimate of drug-likeness (QED) is 0.133. The number of ether oxygens (including phenoxy) is 4. The number of phenols is 2. The molecule has 0 spiro atoms. The van der Waals surface area contributed by atoms with Crippen LogP contribution in [0.25, 0.3) is 22.3 Å². The summed E-state index contributed by atoms with van der Waals surface area (Å²) >= 11 is 0. The molecule has 16 heteroatoms. The zero-order chi connectivity index (χ0) is 31.2. The zero-order valence-electron chi connectivity index (χ0n) is 22.1. The van der Waals surface area contributed by atoms with Gasteiger partial charge in [-0.3, -0.25) is 4.79 Å². The van der Waals surface area contributed by atoms with Gasteiger partial charge in [0.15, 0.2) is 18.2 Å². The lowest BCUT2D eigenvalue weighted by atomic mass is 9.97. The molecule has 234 valence electrons. The second-order valence-electron chi connectivity index (χ2n) is 10.1. The fourth-order valence-corrected chi connectivity index (χ4v) is 4.91. The molecule has 2 fully saturated rings. The molecule has 16 nitrogen and oxygen atoms in total. The molecular weight excluding hydrogens is 580 g/mol. The summed E-state index contributed by atoms with van der Waals surface area (Å²) in [5, 5.41) is 101. The zero-order valence-corrected chi connectivity index (χ0v) is 22.1. The lowest BCUT2D eigenvalue weighted by Gasteiger charge is -2.45. The average molecular weight is 611 g/mol. The predicted molar refractivity (Wildman–Crippen MR) is 140 cm³/mol. The first-order valence-electron chi connectivity index (χ1n) is 13.0. The van der Waals surface area contributed by atoms with Crippen molar-refractivity contribution in [3.8, 4) is 34.3 Å². The van der Waals surface area contributed by atoms with Crippen molar-refractivity contribution in [2.45, 2.75) is 61.4 Å². The predicted octanol–water partition coefficient (Wildman–Crippen LogP) is -2.42. The third-order valence-corrected chi connectivity index (χ3v) is 7.27. The molecule has 0 amide bonds. The number of aromatic hydroxyl groups is 3. The Morgan fingerprint density at radius 2 is 1.35 bits per heavy atom. The third-order valence-electron chi connectivity index (χ3n) is 7.27. The Bertz CT molecular complexity index is 1490. The van der Waals surface area contributed by atoms with Crippen molar-refractivity contribution in [3.05, 3.63) is 46.6 Å². The van der Waals surface area contributed by atoms with Crippen LogP contribution >= 0.6 is 0 Å². The van der Waals surface area contributed by atoms with Crippen LogP contribution in [-0.4, -0.2) is 126 Å². The van der Waals surface area contributed by atoms with Crippen molar-refractivity contribution in [1.82, 2.24) is 0 Å². The Morgan fingerprint density at radius 3 is 1.98 bits per heavy atom. The van der Waals surface area contributed by atoms with Crippen LogP contribution in [0.5, 0.6) is 23.0 Å². The molecule has 2 aliphatic rings. The van der Waals surface area contributed by atoms with E-state index in [-0.39, 0.29) is 28.4 Å². The molecule has 43 heavy (non-hydrogen) atoms. The monoisotopic (exact) mass is 610 g/mol. The van der Waals surface area contributed by atoms with Gasteiger partial charge in [0.1, 0.15) is 70.9 Å². The number of rotatable bonds is 7. The molecule has 10 atom stereocenters. The van der Waals surface area contributed by atoms with Crippen molar-refractivity contribution < 1.29 is 74.4 Å². The molecule has 5 rings (SSSR count). The van der Waals surface area contributed by atoms with E-state index >= 15 is 0 Å². The first-order chi connectivity index (χ1) is 20.4. The lowest BCUT2D eigenvalue weighted by molar-refractivity contribution is -0.357. The minimum absolute atomic E-state index is 0.0823. The lowest BCUT2D eigenvalue weighted by Crippen LogP contribution is -2.65. The fraction of sp³-hybridized carbons (Fsp3) is 0.444. The largest absolute Gasteiger partial charge is 0.508 e. The molecule has 4 unspecified atom stereocenters. The van der Waals surface area contributed by atoms with E-state index in [9.17, 15) is 55.9 Å². The summed E-state index contributed by atoms with van der Waals surface area (Å²) in [6.07, 6.45) is -17.0. The van der Waals surface area contributed by atoms with E-state index in [2.05, 4.69) is 0 Å². The molecule has 0 aliphatic carbocycles. The van der Waals surface area contributed by atoms with Gasteiger partial charge >= 0.3 is 0 Å². The first-order valence-corrected chi connectivity index (χ1v) is 13.0. The average Bonchev–Trinajstić information content (AvgIpc) is 2.98. The van der Waals surface area contributed by atoms with Crippen molar-refractivity contribution in [2.24, 2.45) is 0 Å². The van der Waals surface area contributed by atoms with Crippen molar-refractivity contribution >= 4 is 11.0 Å². The minimum Gasteiger partial charge on any atom is -0.508 e. The van der Waals surface area contributed by atoms with Gasteiger partial charge in [-0.05, 0) is 24.3 Å². The van der Waals surface area contributed by atoms with Gasteiger partial charge in [-0.1, -0.05) is 0 Å². The van der Waals surface area contributed by atoms with Crippen LogP contribution in [0, 0.1) is 0 Å². The second kappa shape index (κ2) is 12.2. The Labute approximate surface area is 241 Å². The SMILES string of the molecule is O=c1c(O)c(-c2ccc(O)cc2)oc2cc(O[C@@H]3OC(CO)[C@@H](O)[C@H](O)C3O[C@@H]3OC(CO)[C@@H](O)[C@H](O)C3O)cc(O)c12. The summed E-state index contributed by atoms with van der Waals surface area (Å²) < 4.78 is 28.0. The van der Waals surface area contributed by atoms with Gasteiger partial charge in [0.05, 0.1) is 13.2 Å². The summed E-state index contributed by atoms with van der Waals surface area (Å²) in [5.41, 5.74) is -1.03. The Morgan fingerprint density at radius 1 is 0.744 bits per heavy atom. The van der Waals surface area contributed by atoms with Crippen LogP contribution < -0.4 is 10.2 Å². The van der Waals surface area contributed by atoms with E-state index in [1.807, 2.05) is 0 Å². The standard InChI is InChI=1S/C27H30O16/c28-7-14-17(32)20(35)23(38)26(41-14)43-25-21(36)18(33)15(8-29)42-27(25)39-11-5-12(31)16-13(6-11)40-24(22(37)19(16)34)9-1-3-10(30)4-2-9/h1-6,14-15,17-18,20-21,23,25-33,35-38H,7-8H2/t14?,15?,17-,18-,20+,21+,23?,25?,26+,27-/m1/s1. The minimum atomic E-state index is -1.89. The van der Waals surface area contributed by atoms with E-state index in [1.165, 1.54) is 24.3 Å². The molecule has 3 heterocycles. The van der Waals surface area contributed by atoms with E-state index in [0.29, 0.717) is 0 Å². The highest BCUT2D eigenvalue weighted by Gasteiger charge is 2.51. The van der Waals surface area contributed by atoms with Crippen LogP contribution in [0.3, 0.4) is 0 Å². The van der Waals surface area contributed by atoms with Crippen molar-refractivity contribution in [1.29, 1.82) is 0 Å². The molecular formula is C27H30O16. The molecule has 2 saturated heterocycles. The molecule has 0 saturated carbocycles. The van der Waals surface area contributed by atoms with Crippen LogP contribution in [0.15, 0.2) is 45.6 Å². The Hall–Kier alpha value is -3.55. The number of fused-ring (bicyclic) bond motifs is 1.